The van der Waals surface area contributed by atoms with Crippen molar-refractivity contribution in [2.75, 3.05) is 0 Å². The highest BCUT2D eigenvalue weighted by atomic mass is 14.9. The molecule has 0 aliphatic heterocycles. The van der Waals surface area contributed by atoms with Crippen molar-refractivity contribution >= 4 is 0 Å². The maximum absolute atomic E-state index is 2.30. The van der Waals surface area contributed by atoms with Crippen LogP contribution >= 0.6 is 0 Å². The molecule has 0 spiro atoms. The molecule has 0 aliphatic carbocycles. The molecule has 0 bridgehead atoms. The number of aryl methyl sites for hydroxylation is 4. The Balaban J connectivity index is 2.85. The maximum atomic E-state index is 2.30. The van der Waals surface area contributed by atoms with E-state index in [9.17, 15) is 0 Å². The van der Waals surface area contributed by atoms with Gasteiger partial charge in [-0.05, 0) is 50.5 Å². The summed E-state index contributed by atoms with van der Waals surface area (Å²) < 4.78 is 2.30. The number of aromatic nitrogens is 1. The Hall–Kier alpha value is -1.63. The smallest absolute Gasteiger partial charge is 0.198 e. The number of benzene rings is 1. The van der Waals surface area contributed by atoms with E-state index in [2.05, 4.69) is 70.5 Å². The Morgan fingerprint density at radius 1 is 0.722 bits per heavy atom. The van der Waals surface area contributed by atoms with Gasteiger partial charge in [0.05, 0.1) is 5.56 Å². The van der Waals surface area contributed by atoms with Crippen molar-refractivity contribution in [3.8, 4) is 11.3 Å². The van der Waals surface area contributed by atoms with Gasteiger partial charge < -0.3 is 0 Å². The van der Waals surface area contributed by atoms with Gasteiger partial charge >= 0.3 is 0 Å². The zero-order valence-electron chi connectivity index (χ0n) is 12.3. The second-order valence-corrected chi connectivity index (χ2v) is 5.26. The summed E-state index contributed by atoms with van der Waals surface area (Å²) in [7, 11) is 2.15. The number of pyridine rings is 1. The molecule has 1 aromatic heterocycles. The Morgan fingerprint density at radius 2 is 1.28 bits per heavy atom. The van der Waals surface area contributed by atoms with Crippen LogP contribution in [0.2, 0.25) is 0 Å². The first-order valence-electron chi connectivity index (χ1n) is 6.47. The van der Waals surface area contributed by atoms with E-state index in [0.29, 0.717) is 0 Å². The molecule has 1 heteroatoms. The lowest BCUT2D eigenvalue weighted by atomic mass is 9.93. The molecule has 0 fully saturated rings. The zero-order chi connectivity index (χ0) is 13.4. The molecule has 1 aromatic carbocycles. The van der Waals surface area contributed by atoms with E-state index in [1.807, 2.05) is 0 Å². The summed E-state index contributed by atoms with van der Waals surface area (Å²) in [5.41, 5.74) is 9.45. The van der Waals surface area contributed by atoms with Crippen LogP contribution in [0.5, 0.6) is 0 Å². The quantitative estimate of drug-likeness (QED) is 0.669. The van der Waals surface area contributed by atoms with Crippen LogP contribution in [0.3, 0.4) is 0 Å². The maximum Gasteiger partial charge on any atom is 0.215 e. The molecular weight excluding hydrogens is 218 g/mol. The van der Waals surface area contributed by atoms with Crippen molar-refractivity contribution in [3.63, 3.8) is 0 Å². The summed E-state index contributed by atoms with van der Waals surface area (Å²) in [6.07, 6.45) is 0. The van der Waals surface area contributed by atoms with Gasteiger partial charge in [-0.2, -0.15) is 4.57 Å². The Morgan fingerprint density at radius 3 is 1.94 bits per heavy atom. The summed E-state index contributed by atoms with van der Waals surface area (Å²) in [6, 6.07) is 8.82. The molecule has 94 valence electrons. The fourth-order valence-electron chi connectivity index (χ4n) is 2.56. The third kappa shape index (κ3) is 1.94. The van der Waals surface area contributed by atoms with Crippen LogP contribution in [0.1, 0.15) is 27.9 Å². The van der Waals surface area contributed by atoms with Crippen LogP contribution < -0.4 is 4.57 Å². The van der Waals surface area contributed by atoms with Gasteiger partial charge in [-0.25, -0.2) is 0 Å². The molecule has 0 amide bonds. The first kappa shape index (κ1) is 12.8. The van der Waals surface area contributed by atoms with E-state index in [1.54, 1.807) is 0 Å². The van der Waals surface area contributed by atoms with Crippen molar-refractivity contribution in [1.82, 2.24) is 0 Å². The molecule has 1 nitrogen and oxygen atoms in total. The van der Waals surface area contributed by atoms with Gasteiger partial charge in [0.1, 0.15) is 7.05 Å². The van der Waals surface area contributed by atoms with Gasteiger partial charge in [0, 0.05) is 18.6 Å². The SMILES string of the molecule is Cc1ccc(C)c(-c2c(C)ccc(C)[n+]2C)c1C. The topological polar surface area (TPSA) is 3.88 Å². The van der Waals surface area contributed by atoms with Gasteiger partial charge in [-0.15, -0.1) is 0 Å². The molecule has 18 heavy (non-hydrogen) atoms. The Labute approximate surface area is 110 Å². The molecule has 1 heterocycles. The predicted molar refractivity (Wildman–Crippen MR) is 76.7 cm³/mol. The van der Waals surface area contributed by atoms with Gasteiger partial charge in [-0.1, -0.05) is 12.1 Å². The first-order chi connectivity index (χ1) is 8.43. The van der Waals surface area contributed by atoms with Crippen LogP contribution in [0.25, 0.3) is 11.3 Å². The fraction of sp³-hybridized carbons (Fsp3) is 0.353. The standard InChI is InChI=1S/C17H22N/c1-11-7-8-12(2)16(15(11)5)17-13(3)9-10-14(4)18(17)6/h7-10H,1-6H3/q+1. The average Bonchev–Trinajstić information content (AvgIpc) is 2.33. The highest BCUT2D eigenvalue weighted by Crippen LogP contribution is 2.29. The lowest BCUT2D eigenvalue weighted by Gasteiger charge is -2.13. The predicted octanol–water partition coefficient (Wildman–Crippen LogP) is 3.72. The van der Waals surface area contributed by atoms with Crippen molar-refractivity contribution in [2.24, 2.45) is 7.05 Å². The molecule has 0 radical (unpaired) electrons. The van der Waals surface area contributed by atoms with Gasteiger partial charge in [0.15, 0.2) is 5.69 Å². The highest BCUT2D eigenvalue weighted by molar-refractivity contribution is 5.69. The van der Waals surface area contributed by atoms with Gasteiger partial charge in [0.25, 0.3) is 0 Å². The monoisotopic (exact) mass is 240 g/mol. The fourth-order valence-corrected chi connectivity index (χ4v) is 2.56. The van der Waals surface area contributed by atoms with E-state index in [1.165, 1.54) is 39.2 Å². The van der Waals surface area contributed by atoms with Crippen LogP contribution in [-0.4, -0.2) is 0 Å². The Bertz CT molecular complexity index is 554. The summed E-state index contributed by atoms with van der Waals surface area (Å²) in [5, 5.41) is 0. The summed E-state index contributed by atoms with van der Waals surface area (Å²) in [6.45, 7) is 11.0. The van der Waals surface area contributed by atoms with Crippen LogP contribution in [-0.2, 0) is 7.05 Å². The Kier molecular flexibility index (Phi) is 3.25. The second kappa shape index (κ2) is 4.56. The molecule has 2 rings (SSSR count). The summed E-state index contributed by atoms with van der Waals surface area (Å²) in [4.78, 5) is 0. The number of rotatable bonds is 1. The molecule has 0 N–H and O–H groups in total. The number of hydrogen-bond donors (Lipinski definition) is 0. The second-order valence-electron chi connectivity index (χ2n) is 5.26. The molecule has 2 aromatic rings. The molecule has 0 aliphatic rings. The normalized spacial score (nSPS) is 10.8. The van der Waals surface area contributed by atoms with E-state index in [4.69, 9.17) is 0 Å². The van der Waals surface area contributed by atoms with Crippen LogP contribution in [0.15, 0.2) is 24.3 Å². The van der Waals surface area contributed by atoms with E-state index in [-0.39, 0.29) is 0 Å². The van der Waals surface area contributed by atoms with Crippen molar-refractivity contribution in [3.05, 3.63) is 52.2 Å². The number of nitrogens with zero attached hydrogens (tertiary/aromatic N) is 1. The molecule has 0 unspecified atom stereocenters. The van der Waals surface area contributed by atoms with Crippen molar-refractivity contribution < 1.29 is 4.57 Å². The first-order valence-corrected chi connectivity index (χ1v) is 6.47. The summed E-state index contributed by atoms with van der Waals surface area (Å²) >= 11 is 0. The molecule has 0 saturated heterocycles. The van der Waals surface area contributed by atoms with Gasteiger partial charge in [-0.3, -0.25) is 0 Å². The van der Waals surface area contributed by atoms with Gasteiger partial charge in [0.2, 0.25) is 5.69 Å². The van der Waals surface area contributed by atoms with Crippen molar-refractivity contribution in [2.45, 2.75) is 34.6 Å². The average molecular weight is 240 g/mol. The molecule has 0 atom stereocenters. The molecular formula is C17H22N+. The largest absolute Gasteiger partial charge is 0.215 e. The van der Waals surface area contributed by atoms with Crippen LogP contribution in [0.4, 0.5) is 0 Å². The highest BCUT2D eigenvalue weighted by Gasteiger charge is 2.20. The van der Waals surface area contributed by atoms with E-state index in [0.717, 1.165) is 0 Å². The molecule has 0 saturated carbocycles. The zero-order valence-corrected chi connectivity index (χ0v) is 12.3. The summed E-state index contributed by atoms with van der Waals surface area (Å²) in [5.74, 6) is 0. The van der Waals surface area contributed by atoms with E-state index < -0.39 is 0 Å². The number of hydrogen-bond acceptors (Lipinski definition) is 0. The third-order valence-electron chi connectivity index (χ3n) is 3.99. The van der Waals surface area contributed by atoms with E-state index >= 15 is 0 Å². The lowest BCUT2D eigenvalue weighted by molar-refractivity contribution is -0.667. The lowest BCUT2D eigenvalue weighted by Crippen LogP contribution is -2.35. The minimum Gasteiger partial charge on any atom is -0.198 e. The minimum atomic E-state index is 1.29. The minimum absolute atomic E-state index is 1.29. The van der Waals surface area contributed by atoms with Crippen LogP contribution in [0, 0.1) is 34.6 Å². The third-order valence-corrected chi connectivity index (χ3v) is 3.99. The van der Waals surface area contributed by atoms with Crippen molar-refractivity contribution in [1.29, 1.82) is 0 Å².